The summed E-state index contributed by atoms with van der Waals surface area (Å²) >= 11 is 0. The lowest BCUT2D eigenvalue weighted by Crippen LogP contribution is -2.48. The topological polar surface area (TPSA) is 109 Å². The van der Waals surface area contributed by atoms with Gasteiger partial charge in [0.25, 0.3) is 0 Å². The van der Waals surface area contributed by atoms with Crippen LogP contribution in [0.1, 0.15) is 48.4 Å². The van der Waals surface area contributed by atoms with E-state index in [4.69, 9.17) is 10.5 Å². The molecule has 8 heteroatoms. The summed E-state index contributed by atoms with van der Waals surface area (Å²) in [5.41, 5.74) is 13.1. The zero-order valence-electron chi connectivity index (χ0n) is 26.8. The Kier molecular flexibility index (Phi) is 10.4. The molecule has 1 saturated carbocycles. The number of anilines is 3. The molecular weight excluding hydrogens is 586 g/mol. The molecule has 1 saturated heterocycles. The Labute approximate surface area is 277 Å². The van der Waals surface area contributed by atoms with Crippen molar-refractivity contribution >= 4 is 35.0 Å². The van der Waals surface area contributed by atoms with Gasteiger partial charge in [0.05, 0.1) is 24.6 Å². The summed E-state index contributed by atoms with van der Waals surface area (Å²) in [6.07, 6.45) is 5.80. The smallest absolute Gasteiger partial charge is 0.248 e. The molecule has 0 radical (unpaired) electrons. The largest absolute Gasteiger partial charge is 0.397 e. The van der Waals surface area contributed by atoms with Crippen LogP contribution in [0.25, 0.3) is 17.2 Å². The number of nitrogen functional groups attached to an aromatic ring is 1. The second kappa shape index (κ2) is 15.2. The van der Waals surface area contributed by atoms with E-state index in [9.17, 15) is 9.59 Å². The Bertz CT molecular complexity index is 1680. The highest BCUT2D eigenvalue weighted by Crippen LogP contribution is 2.40. The summed E-state index contributed by atoms with van der Waals surface area (Å²) in [5, 5.41) is 9.45. The summed E-state index contributed by atoms with van der Waals surface area (Å²) in [4.78, 5) is 28.6. The van der Waals surface area contributed by atoms with Crippen molar-refractivity contribution in [3.63, 3.8) is 0 Å². The molecule has 4 aromatic carbocycles. The number of amides is 2. The summed E-state index contributed by atoms with van der Waals surface area (Å²) in [7, 11) is 0. The van der Waals surface area contributed by atoms with Crippen molar-refractivity contribution in [1.29, 1.82) is 0 Å². The molecule has 2 aliphatic rings. The van der Waals surface area contributed by atoms with Crippen molar-refractivity contribution in [1.82, 2.24) is 10.2 Å². The van der Waals surface area contributed by atoms with Crippen LogP contribution in [0.3, 0.4) is 0 Å². The predicted molar refractivity (Wildman–Crippen MR) is 190 cm³/mol. The van der Waals surface area contributed by atoms with E-state index in [1.165, 1.54) is 30.0 Å². The molecule has 242 valence electrons. The van der Waals surface area contributed by atoms with Crippen LogP contribution in [0.2, 0.25) is 0 Å². The summed E-state index contributed by atoms with van der Waals surface area (Å²) in [5.74, 6) is 0.326. The predicted octanol–water partition coefficient (Wildman–Crippen LogP) is 6.46. The maximum Gasteiger partial charge on any atom is 0.248 e. The maximum atomic E-state index is 13.8. The Hall–Kier alpha value is -4.76. The Morgan fingerprint density at radius 3 is 2.19 bits per heavy atom. The minimum absolute atomic E-state index is 0.135. The molecule has 1 aliphatic carbocycles. The molecular formula is C39H43N5O3. The minimum atomic E-state index is -0.574. The Morgan fingerprint density at radius 2 is 1.53 bits per heavy atom. The number of morpholine rings is 1. The molecule has 6 rings (SSSR count). The number of benzene rings is 4. The highest BCUT2D eigenvalue weighted by Gasteiger charge is 2.24. The number of carbonyl (C=O) groups is 2. The molecule has 2 atom stereocenters. The number of nitrogens with zero attached hydrogens (tertiary/aromatic N) is 1. The van der Waals surface area contributed by atoms with E-state index in [0.29, 0.717) is 17.9 Å². The van der Waals surface area contributed by atoms with E-state index in [1.807, 2.05) is 60.7 Å². The van der Waals surface area contributed by atoms with Crippen LogP contribution in [-0.4, -0.2) is 55.6 Å². The molecule has 1 aliphatic heterocycles. The van der Waals surface area contributed by atoms with Gasteiger partial charge in [-0.2, -0.15) is 0 Å². The summed E-state index contributed by atoms with van der Waals surface area (Å²) < 4.78 is 5.52. The molecule has 2 amide bonds. The number of ether oxygens (including phenoxy) is 1. The van der Waals surface area contributed by atoms with Gasteiger partial charge in [-0.25, -0.2) is 0 Å². The van der Waals surface area contributed by atoms with Crippen molar-refractivity contribution in [3.05, 3.63) is 120 Å². The second-order valence-corrected chi connectivity index (χ2v) is 12.4. The van der Waals surface area contributed by atoms with Crippen LogP contribution in [0, 0.1) is 0 Å². The molecule has 0 spiro atoms. The highest BCUT2D eigenvalue weighted by atomic mass is 16.5. The van der Waals surface area contributed by atoms with Crippen LogP contribution in [0.15, 0.2) is 103 Å². The summed E-state index contributed by atoms with van der Waals surface area (Å²) in [6.45, 7) is 6.01. The Balaban J connectivity index is 1.12. The van der Waals surface area contributed by atoms with Crippen LogP contribution in [0.4, 0.5) is 17.1 Å². The molecule has 5 N–H and O–H groups in total. The molecule has 1 heterocycles. The maximum absolute atomic E-state index is 13.8. The lowest BCUT2D eigenvalue weighted by atomic mass is 10.0. The van der Waals surface area contributed by atoms with Gasteiger partial charge in [-0.15, -0.1) is 0 Å². The number of nitrogens with one attached hydrogen (secondary N) is 3. The normalized spacial score (nSPS) is 16.4. The molecule has 2 fully saturated rings. The van der Waals surface area contributed by atoms with Crippen molar-refractivity contribution in [2.75, 3.05) is 49.2 Å². The number of nitrogens with two attached hydrogens (primary N) is 1. The van der Waals surface area contributed by atoms with Gasteiger partial charge in [0.15, 0.2) is 0 Å². The fraction of sp³-hybridized carbons (Fsp3) is 0.282. The third kappa shape index (κ3) is 8.74. The first kappa shape index (κ1) is 32.2. The van der Waals surface area contributed by atoms with Gasteiger partial charge in [-0.05, 0) is 83.8 Å². The number of hydrogen-bond acceptors (Lipinski definition) is 6. The lowest BCUT2D eigenvalue weighted by molar-refractivity contribution is -0.118. The monoisotopic (exact) mass is 629 g/mol. The van der Waals surface area contributed by atoms with Crippen molar-refractivity contribution < 1.29 is 14.3 Å². The fourth-order valence-corrected chi connectivity index (χ4v) is 5.88. The highest BCUT2D eigenvalue weighted by molar-refractivity contribution is 6.03. The van der Waals surface area contributed by atoms with Crippen LogP contribution >= 0.6 is 0 Å². The molecule has 4 aromatic rings. The molecule has 0 bridgehead atoms. The van der Waals surface area contributed by atoms with Gasteiger partial charge in [-0.3, -0.25) is 14.5 Å². The molecule has 8 nitrogen and oxygen atoms in total. The first-order valence-electron chi connectivity index (χ1n) is 16.4. The van der Waals surface area contributed by atoms with Gasteiger partial charge in [0.1, 0.15) is 6.04 Å². The zero-order valence-corrected chi connectivity index (χ0v) is 26.8. The standard InChI is InChI=1S/C39H43N5O3/c1-27(44-22-24-47-25-23-44)26-41-38(33-9-6-28(7-10-33)8-21-37(45)43-36-5-3-2-4-35(36)40)39(46)42-34-19-17-32(18-20-34)31-15-13-30(14-16-31)29-11-12-29/h2-10,13-21,27,29,38,41H,11-12,22-26,40H2,1H3,(H,42,46)(H,43,45)/b21-8+. The second-order valence-electron chi connectivity index (χ2n) is 12.4. The van der Waals surface area contributed by atoms with E-state index >= 15 is 0 Å². The molecule has 0 aromatic heterocycles. The van der Waals surface area contributed by atoms with Gasteiger partial charge >= 0.3 is 0 Å². The first-order chi connectivity index (χ1) is 22.9. The average molecular weight is 630 g/mol. The average Bonchev–Trinajstić information content (AvgIpc) is 3.96. The molecule has 47 heavy (non-hydrogen) atoms. The van der Waals surface area contributed by atoms with Crippen molar-refractivity contribution in [2.45, 2.75) is 37.8 Å². The van der Waals surface area contributed by atoms with E-state index in [2.05, 4.69) is 52.0 Å². The third-order valence-corrected chi connectivity index (χ3v) is 8.91. The minimum Gasteiger partial charge on any atom is -0.397 e. The van der Waals surface area contributed by atoms with E-state index in [1.54, 1.807) is 18.2 Å². The number of carbonyl (C=O) groups excluding carboxylic acids is 2. The van der Waals surface area contributed by atoms with E-state index < -0.39 is 6.04 Å². The van der Waals surface area contributed by atoms with Crippen LogP contribution in [0.5, 0.6) is 0 Å². The lowest BCUT2D eigenvalue weighted by Gasteiger charge is -2.33. The quantitative estimate of drug-likeness (QED) is 0.106. The van der Waals surface area contributed by atoms with Gasteiger partial charge in [0, 0.05) is 37.4 Å². The van der Waals surface area contributed by atoms with E-state index in [0.717, 1.165) is 54.6 Å². The third-order valence-electron chi connectivity index (χ3n) is 8.91. The van der Waals surface area contributed by atoms with Crippen LogP contribution < -0.4 is 21.7 Å². The SMILES string of the molecule is CC(CNC(C(=O)Nc1ccc(-c2ccc(C3CC3)cc2)cc1)c1ccc(/C=C/C(=O)Nc2ccccc2N)cc1)N1CCOCC1. The molecule has 2 unspecified atom stereocenters. The van der Waals surface area contributed by atoms with Crippen molar-refractivity contribution in [3.8, 4) is 11.1 Å². The number of rotatable bonds is 12. The van der Waals surface area contributed by atoms with Crippen molar-refractivity contribution in [2.24, 2.45) is 0 Å². The number of para-hydroxylation sites is 2. The Morgan fingerprint density at radius 1 is 0.872 bits per heavy atom. The number of hydrogen-bond donors (Lipinski definition) is 4. The zero-order chi connectivity index (χ0) is 32.6. The fourth-order valence-electron chi connectivity index (χ4n) is 5.88. The van der Waals surface area contributed by atoms with E-state index in [-0.39, 0.29) is 17.9 Å². The first-order valence-corrected chi connectivity index (χ1v) is 16.4. The van der Waals surface area contributed by atoms with Crippen LogP contribution in [-0.2, 0) is 14.3 Å². The van der Waals surface area contributed by atoms with Gasteiger partial charge in [0.2, 0.25) is 11.8 Å². The summed E-state index contributed by atoms with van der Waals surface area (Å²) in [6, 6.07) is 31.3. The van der Waals surface area contributed by atoms with Gasteiger partial charge in [-0.1, -0.05) is 72.8 Å². The van der Waals surface area contributed by atoms with Gasteiger partial charge < -0.3 is 26.4 Å².